The lowest BCUT2D eigenvalue weighted by atomic mass is 9.85. The third kappa shape index (κ3) is 6.38. The second-order valence-corrected chi connectivity index (χ2v) is 6.63. The number of hydrogen-bond acceptors (Lipinski definition) is 4. The highest BCUT2D eigenvalue weighted by Crippen LogP contribution is 2.22. The summed E-state index contributed by atoms with van der Waals surface area (Å²) in [6.07, 6.45) is 2.92. The summed E-state index contributed by atoms with van der Waals surface area (Å²) in [7, 11) is 1.57. The van der Waals surface area contributed by atoms with Crippen molar-refractivity contribution in [1.29, 1.82) is 0 Å². The number of amides is 2. The summed E-state index contributed by atoms with van der Waals surface area (Å²) in [5.74, 6) is 1.47. The fourth-order valence-electron chi connectivity index (χ4n) is 3.14. The summed E-state index contributed by atoms with van der Waals surface area (Å²) >= 11 is 0. The molecule has 1 aliphatic heterocycles. The maximum absolute atomic E-state index is 12.1. The smallest absolute Gasteiger partial charge is 0.251 e. The Morgan fingerprint density at radius 1 is 1.32 bits per heavy atom. The van der Waals surface area contributed by atoms with Crippen molar-refractivity contribution in [2.45, 2.75) is 26.2 Å². The average molecular weight is 347 g/mol. The Kier molecular flexibility index (Phi) is 7.73. The minimum atomic E-state index is -0.171. The minimum Gasteiger partial charge on any atom is -0.497 e. The van der Waals surface area contributed by atoms with Crippen LogP contribution in [-0.4, -0.2) is 45.1 Å². The molecule has 0 radical (unpaired) electrons. The van der Waals surface area contributed by atoms with Crippen molar-refractivity contribution in [2.24, 2.45) is 11.8 Å². The van der Waals surface area contributed by atoms with Crippen molar-refractivity contribution in [3.05, 3.63) is 29.8 Å². The van der Waals surface area contributed by atoms with Gasteiger partial charge in [0.15, 0.2) is 0 Å². The second kappa shape index (κ2) is 10.0. The van der Waals surface area contributed by atoms with Crippen LogP contribution in [0.15, 0.2) is 24.3 Å². The average Bonchev–Trinajstić information content (AvgIpc) is 2.65. The molecule has 0 spiro atoms. The summed E-state index contributed by atoms with van der Waals surface area (Å²) < 4.78 is 5.11. The summed E-state index contributed by atoms with van der Waals surface area (Å²) in [4.78, 5) is 24.1. The van der Waals surface area contributed by atoms with E-state index in [4.69, 9.17) is 4.74 Å². The summed E-state index contributed by atoms with van der Waals surface area (Å²) in [6.45, 7) is 5.07. The van der Waals surface area contributed by atoms with Crippen molar-refractivity contribution < 1.29 is 14.3 Å². The minimum absolute atomic E-state index is 0.0497. The highest BCUT2D eigenvalue weighted by Gasteiger charge is 2.21. The largest absolute Gasteiger partial charge is 0.497 e. The van der Waals surface area contributed by atoms with E-state index in [1.807, 2.05) is 0 Å². The van der Waals surface area contributed by atoms with E-state index in [1.54, 1.807) is 31.4 Å². The number of piperidine rings is 1. The lowest BCUT2D eigenvalue weighted by molar-refractivity contribution is -0.122. The van der Waals surface area contributed by atoms with Crippen molar-refractivity contribution in [2.75, 3.05) is 33.3 Å². The predicted octanol–water partition coefficient (Wildman–Crippen LogP) is 1.57. The van der Waals surface area contributed by atoms with E-state index < -0.39 is 0 Å². The van der Waals surface area contributed by atoms with E-state index in [9.17, 15) is 9.59 Å². The Morgan fingerprint density at radius 2 is 2.12 bits per heavy atom. The lowest BCUT2D eigenvalue weighted by Crippen LogP contribution is -2.37. The van der Waals surface area contributed by atoms with Gasteiger partial charge in [-0.25, -0.2) is 0 Å². The number of ether oxygens (including phenoxy) is 1. The molecule has 1 aromatic rings. The van der Waals surface area contributed by atoms with Crippen LogP contribution in [0.25, 0.3) is 0 Å². The van der Waals surface area contributed by atoms with Crippen LogP contribution >= 0.6 is 0 Å². The van der Waals surface area contributed by atoms with Gasteiger partial charge in [-0.1, -0.05) is 13.0 Å². The van der Waals surface area contributed by atoms with E-state index in [-0.39, 0.29) is 11.8 Å². The molecule has 2 rings (SSSR count). The monoisotopic (exact) mass is 347 g/mol. The first-order valence-electron chi connectivity index (χ1n) is 9.00. The molecule has 0 aromatic heterocycles. The van der Waals surface area contributed by atoms with Gasteiger partial charge in [-0.3, -0.25) is 9.59 Å². The molecule has 1 heterocycles. The molecule has 2 amide bonds. The van der Waals surface area contributed by atoms with Crippen molar-refractivity contribution in [1.82, 2.24) is 16.0 Å². The van der Waals surface area contributed by atoms with Crippen LogP contribution in [0.3, 0.4) is 0 Å². The molecule has 1 aliphatic rings. The van der Waals surface area contributed by atoms with Gasteiger partial charge in [0.1, 0.15) is 5.75 Å². The van der Waals surface area contributed by atoms with Crippen LogP contribution in [0, 0.1) is 11.8 Å². The quantitative estimate of drug-likeness (QED) is 0.624. The van der Waals surface area contributed by atoms with Gasteiger partial charge >= 0.3 is 0 Å². The molecular weight excluding hydrogens is 318 g/mol. The first-order chi connectivity index (χ1) is 12.1. The molecule has 1 aromatic carbocycles. The van der Waals surface area contributed by atoms with Gasteiger partial charge in [0, 0.05) is 25.1 Å². The summed E-state index contributed by atoms with van der Waals surface area (Å²) in [6, 6.07) is 6.99. The van der Waals surface area contributed by atoms with Crippen LogP contribution in [0.2, 0.25) is 0 Å². The zero-order valence-electron chi connectivity index (χ0n) is 15.1. The fraction of sp³-hybridized carbons (Fsp3) is 0.579. The topological polar surface area (TPSA) is 79.5 Å². The highest BCUT2D eigenvalue weighted by atomic mass is 16.5. The predicted molar refractivity (Wildman–Crippen MR) is 97.7 cm³/mol. The molecule has 6 heteroatoms. The molecule has 1 saturated heterocycles. The van der Waals surface area contributed by atoms with E-state index in [0.717, 1.165) is 13.1 Å². The normalized spacial score (nSPS) is 18.2. The Labute approximate surface area is 149 Å². The van der Waals surface area contributed by atoms with Crippen LogP contribution in [0.1, 0.15) is 36.5 Å². The van der Waals surface area contributed by atoms with E-state index in [0.29, 0.717) is 42.7 Å². The zero-order valence-corrected chi connectivity index (χ0v) is 15.1. The van der Waals surface area contributed by atoms with Gasteiger partial charge in [-0.2, -0.15) is 0 Å². The van der Waals surface area contributed by atoms with E-state index in [1.165, 1.54) is 12.8 Å². The Bertz CT molecular complexity index is 571. The van der Waals surface area contributed by atoms with Gasteiger partial charge in [0.2, 0.25) is 5.91 Å². The maximum Gasteiger partial charge on any atom is 0.251 e. The van der Waals surface area contributed by atoms with Crippen molar-refractivity contribution >= 4 is 11.8 Å². The molecule has 0 aliphatic carbocycles. The molecule has 2 unspecified atom stereocenters. The third-order valence-corrected chi connectivity index (χ3v) is 4.71. The van der Waals surface area contributed by atoms with Crippen molar-refractivity contribution in [3.8, 4) is 5.75 Å². The van der Waals surface area contributed by atoms with Gasteiger partial charge in [-0.05, 0) is 56.0 Å². The van der Waals surface area contributed by atoms with Crippen molar-refractivity contribution in [3.63, 3.8) is 0 Å². The molecular formula is C19H29N3O3. The summed E-state index contributed by atoms with van der Waals surface area (Å²) in [5.41, 5.74) is 0.545. The highest BCUT2D eigenvalue weighted by molar-refractivity contribution is 5.94. The van der Waals surface area contributed by atoms with E-state index >= 15 is 0 Å². The molecule has 2 atom stereocenters. The number of methoxy groups -OCH3 is 1. The Hall–Kier alpha value is -2.08. The second-order valence-electron chi connectivity index (χ2n) is 6.63. The molecule has 0 saturated carbocycles. The SMILES string of the molecule is COc1cccc(C(=O)NCCNC(=O)CC(C)C2CCCNC2)c1. The lowest BCUT2D eigenvalue weighted by Gasteiger charge is -2.28. The molecule has 25 heavy (non-hydrogen) atoms. The number of rotatable bonds is 8. The Balaban J connectivity index is 1.64. The fourth-order valence-corrected chi connectivity index (χ4v) is 3.14. The summed E-state index contributed by atoms with van der Waals surface area (Å²) in [5, 5.41) is 9.08. The van der Waals surface area contributed by atoms with Gasteiger partial charge < -0.3 is 20.7 Å². The molecule has 6 nitrogen and oxygen atoms in total. The standard InChI is InChI=1S/C19H29N3O3/c1-14(16-6-4-8-20-13-16)11-18(23)21-9-10-22-19(24)15-5-3-7-17(12-15)25-2/h3,5,7,12,14,16,20H,4,6,8-11,13H2,1-2H3,(H,21,23)(H,22,24). The number of carbonyl (C=O) groups is 2. The van der Waals surface area contributed by atoms with E-state index in [2.05, 4.69) is 22.9 Å². The van der Waals surface area contributed by atoms with Crippen LogP contribution in [-0.2, 0) is 4.79 Å². The number of nitrogens with one attached hydrogen (secondary N) is 3. The molecule has 0 bridgehead atoms. The van der Waals surface area contributed by atoms with Gasteiger partial charge in [0.05, 0.1) is 7.11 Å². The van der Waals surface area contributed by atoms with Gasteiger partial charge in [0.25, 0.3) is 5.91 Å². The maximum atomic E-state index is 12.1. The number of carbonyl (C=O) groups excluding carboxylic acids is 2. The van der Waals surface area contributed by atoms with Crippen LogP contribution in [0.5, 0.6) is 5.75 Å². The van der Waals surface area contributed by atoms with Gasteiger partial charge in [-0.15, -0.1) is 0 Å². The molecule has 138 valence electrons. The number of hydrogen-bond donors (Lipinski definition) is 3. The first kappa shape index (κ1) is 19.2. The number of benzene rings is 1. The molecule has 3 N–H and O–H groups in total. The zero-order chi connectivity index (χ0) is 18.1. The third-order valence-electron chi connectivity index (χ3n) is 4.71. The Morgan fingerprint density at radius 3 is 2.84 bits per heavy atom. The van der Waals surface area contributed by atoms with Crippen LogP contribution < -0.4 is 20.7 Å². The molecule has 1 fully saturated rings. The first-order valence-corrected chi connectivity index (χ1v) is 9.00. The van der Waals surface area contributed by atoms with Crippen LogP contribution in [0.4, 0.5) is 0 Å².